The zero-order valence-electron chi connectivity index (χ0n) is 15.3. The molecule has 0 aliphatic carbocycles. The fraction of sp³-hybridized carbons (Fsp3) is 0.125. The molecular weight excluding hydrogens is 375 g/mol. The summed E-state index contributed by atoms with van der Waals surface area (Å²) in [6.07, 6.45) is -4.90. The number of halogens is 3. The number of rotatable bonds is 0. The number of hydrogen-bond donors (Lipinski definition) is 0. The van der Waals surface area contributed by atoms with Crippen LogP contribution in [0.4, 0.5) is 13.2 Å². The minimum atomic E-state index is -4.90. The van der Waals surface area contributed by atoms with E-state index in [9.17, 15) is 18.0 Å². The summed E-state index contributed by atoms with van der Waals surface area (Å²) < 4.78 is 39.7. The number of hydrogen-bond acceptors (Lipinski definition) is 1. The lowest BCUT2D eigenvalue weighted by molar-refractivity contribution is -0.186. The molecule has 0 aromatic heterocycles. The number of carbonyl (C=O) groups is 1. The van der Waals surface area contributed by atoms with Crippen molar-refractivity contribution in [2.24, 2.45) is 0 Å². The van der Waals surface area contributed by atoms with Gasteiger partial charge in [0.2, 0.25) is 0 Å². The molecule has 0 radical (unpaired) electrons. The zero-order chi connectivity index (χ0) is 20.2. The van der Waals surface area contributed by atoms with Gasteiger partial charge < -0.3 is 4.90 Å². The van der Waals surface area contributed by atoms with E-state index in [-0.39, 0.29) is 13.1 Å². The lowest BCUT2D eigenvalue weighted by Gasteiger charge is -2.22. The van der Waals surface area contributed by atoms with Crippen LogP contribution in [-0.2, 0) is 17.9 Å². The smallest absolute Gasteiger partial charge is 0.326 e. The molecule has 1 aliphatic rings. The van der Waals surface area contributed by atoms with E-state index in [4.69, 9.17) is 0 Å². The molecule has 0 saturated carbocycles. The molecule has 5 heteroatoms. The molecule has 0 fully saturated rings. The Bertz CT molecular complexity index is 1190. The highest BCUT2D eigenvalue weighted by molar-refractivity contribution is 6.08. The van der Waals surface area contributed by atoms with E-state index in [0.717, 1.165) is 48.7 Å². The molecule has 4 aromatic carbocycles. The standard InChI is InChI=1S/C24H16F3NO/c25-24(26,27)23(29)28-13-17-11-9-15-5-1-3-7-19(15)21(17)22-18(14-28)12-10-16-6-2-4-8-20(16)22/h1-12H,13-14H2. The van der Waals surface area contributed by atoms with Gasteiger partial charge in [0.05, 0.1) is 0 Å². The summed E-state index contributed by atoms with van der Waals surface area (Å²) in [7, 11) is 0. The highest BCUT2D eigenvalue weighted by atomic mass is 19.4. The van der Waals surface area contributed by atoms with E-state index >= 15 is 0 Å². The van der Waals surface area contributed by atoms with E-state index in [2.05, 4.69) is 0 Å². The molecule has 1 amide bonds. The summed E-state index contributed by atoms with van der Waals surface area (Å²) in [6.45, 7) is -0.164. The third-order valence-corrected chi connectivity index (χ3v) is 5.53. The number of amides is 1. The molecule has 144 valence electrons. The topological polar surface area (TPSA) is 20.3 Å². The van der Waals surface area contributed by atoms with Crippen molar-refractivity contribution in [3.8, 4) is 11.1 Å². The van der Waals surface area contributed by atoms with Gasteiger partial charge in [0.15, 0.2) is 0 Å². The van der Waals surface area contributed by atoms with Crippen molar-refractivity contribution < 1.29 is 18.0 Å². The van der Waals surface area contributed by atoms with E-state index < -0.39 is 12.1 Å². The average molecular weight is 391 g/mol. The number of nitrogens with zero attached hydrogens (tertiary/aromatic N) is 1. The minimum absolute atomic E-state index is 0.0818. The molecular formula is C24H16F3NO. The largest absolute Gasteiger partial charge is 0.471 e. The Labute approximate surface area is 165 Å². The maximum absolute atomic E-state index is 13.2. The Balaban J connectivity index is 1.87. The van der Waals surface area contributed by atoms with Crippen LogP contribution in [0.1, 0.15) is 11.1 Å². The third-order valence-electron chi connectivity index (χ3n) is 5.53. The third kappa shape index (κ3) is 2.85. The van der Waals surface area contributed by atoms with Crippen molar-refractivity contribution in [2.45, 2.75) is 19.3 Å². The van der Waals surface area contributed by atoms with Crippen molar-refractivity contribution >= 4 is 27.5 Å². The first-order valence-electron chi connectivity index (χ1n) is 9.31. The van der Waals surface area contributed by atoms with Crippen molar-refractivity contribution in [1.29, 1.82) is 0 Å². The van der Waals surface area contributed by atoms with E-state index in [0.29, 0.717) is 0 Å². The van der Waals surface area contributed by atoms with Crippen LogP contribution in [0.5, 0.6) is 0 Å². The number of carbonyl (C=O) groups excluding carboxylic acids is 1. The Morgan fingerprint density at radius 3 is 1.59 bits per heavy atom. The van der Waals surface area contributed by atoms with Gasteiger partial charge in [-0.2, -0.15) is 13.2 Å². The van der Waals surface area contributed by atoms with Gasteiger partial charge in [0.1, 0.15) is 0 Å². The summed E-state index contributed by atoms with van der Waals surface area (Å²) in [5, 5.41) is 3.98. The highest BCUT2D eigenvalue weighted by Crippen LogP contribution is 2.42. The van der Waals surface area contributed by atoms with Crippen LogP contribution in [0.2, 0.25) is 0 Å². The summed E-state index contributed by atoms with van der Waals surface area (Å²) in [6, 6.07) is 23.2. The molecule has 29 heavy (non-hydrogen) atoms. The molecule has 1 heterocycles. The monoisotopic (exact) mass is 391 g/mol. The van der Waals surface area contributed by atoms with Crippen molar-refractivity contribution in [3.63, 3.8) is 0 Å². The average Bonchev–Trinajstić information content (AvgIpc) is 2.89. The van der Waals surface area contributed by atoms with Crippen molar-refractivity contribution in [1.82, 2.24) is 4.90 Å². The quantitative estimate of drug-likeness (QED) is 0.357. The van der Waals surface area contributed by atoms with Crippen molar-refractivity contribution in [3.05, 3.63) is 83.9 Å². The van der Waals surface area contributed by atoms with Gasteiger partial charge in [0.25, 0.3) is 0 Å². The SMILES string of the molecule is O=C(N1Cc2ccc3ccccc3c2-c2c(ccc3ccccc23)C1)C(F)(F)F. The van der Waals surface area contributed by atoms with Gasteiger partial charge in [-0.15, -0.1) is 0 Å². The second-order valence-corrected chi connectivity index (χ2v) is 7.30. The van der Waals surface area contributed by atoms with Crippen LogP contribution in [0.15, 0.2) is 72.8 Å². The van der Waals surface area contributed by atoms with Crippen LogP contribution >= 0.6 is 0 Å². The first kappa shape index (κ1) is 17.7. The Kier molecular flexibility index (Phi) is 3.88. The molecule has 2 nitrogen and oxygen atoms in total. The van der Waals surface area contributed by atoms with Gasteiger partial charge in [-0.3, -0.25) is 4.79 Å². The van der Waals surface area contributed by atoms with Crippen molar-refractivity contribution in [2.75, 3.05) is 0 Å². The molecule has 0 atom stereocenters. The molecule has 0 N–H and O–H groups in total. The lowest BCUT2D eigenvalue weighted by atomic mass is 9.88. The first-order valence-corrected chi connectivity index (χ1v) is 9.31. The van der Waals surface area contributed by atoms with Gasteiger partial charge in [-0.1, -0.05) is 72.8 Å². The first-order chi connectivity index (χ1) is 13.9. The maximum atomic E-state index is 13.2. The molecule has 0 bridgehead atoms. The second-order valence-electron chi connectivity index (χ2n) is 7.30. The molecule has 4 aromatic rings. The molecule has 0 spiro atoms. The predicted octanol–water partition coefficient (Wildman–Crippen LogP) is 6.06. The number of alkyl halides is 3. The minimum Gasteiger partial charge on any atom is -0.326 e. The van der Waals surface area contributed by atoms with Crippen LogP contribution in [0.3, 0.4) is 0 Å². The summed E-state index contributed by atoms with van der Waals surface area (Å²) >= 11 is 0. The Morgan fingerprint density at radius 2 is 1.14 bits per heavy atom. The molecule has 0 saturated heterocycles. The lowest BCUT2D eigenvalue weighted by Crippen LogP contribution is -2.39. The van der Waals surface area contributed by atoms with Crippen LogP contribution < -0.4 is 0 Å². The number of fused-ring (bicyclic) bond motifs is 7. The van der Waals surface area contributed by atoms with Crippen LogP contribution in [-0.4, -0.2) is 17.0 Å². The summed E-state index contributed by atoms with van der Waals surface area (Å²) in [5.41, 5.74) is 3.26. The Hall–Kier alpha value is -3.34. The van der Waals surface area contributed by atoms with Gasteiger partial charge in [0, 0.05) is 13.1 Å². The van der Waals surface area contributed by atoms with Crippen LogP contribution in [0, 0.1) is 0 Å². The normalized spacial score (nSPS) is 13.8. The summed E-state index contributed by atoms with van der Waals surface area (Å²) in [4.78, 5) is 13.0. The van der Waals surface area contributed by atoms with E-state index in [1.807, 2.05) is 72.8 Å². The van der Waals surface area contributed by atoms with E-state index in [1.165, 1.54) is 0 Å². The van der Waals surface area contributed by atoms with Gasteiger partial charge >= 0.3 is 12.1 Å². The predicted molar refractivity (Wildman–Crippen MR) is 107 cm³/mol. The molecule has 0 unspecified atom stereocenters. The van der Waals surface area contributed by atoms with E-state index in [1.54, 1.807) is 0 Å². The fourth-order valence-corrected chi connectivity index (χ4v) is 4.28. The summed E-state index contributed by atoms with van der Waals surface area (Å²) in [5.74, 6) is -1.81. The second kappa shape index (κ2) is 6.34. The van der Waals surface area contributed by atoms with Crippen LogP contribution in [0.25, 0.3) is 32.7 Å². The Morgan fingerprint density at radius 1 is 0.690 bits per heavy atom. The fourth-order valence-electron chi connectivity index (χ4n) is 4.28. The zero-order valence-corrected chi connectivity index (χ0v) is 15.3. The molecule has 5 rings (SSSR count). The highest BCUT2D eigenvalue weighted by Gasteiger charge is 2.43. The van der Waals surface area contributed by atoms with Gasteiger partial charge in [-0.05, 0) is 43.8 Å². The van der Waals surface area contributed by atoms with Gasteiger partial charge in [-0.25, -0.2) is 0 Å². The number of benzene rings is 4. The molecule has 1 aliphatic heterocycles. The maximum Gasteiger partial charge on any atom is 0.471 e.